The fourth-order valence-corrected chi connectivity index (χ4v) is 2.66. The van der Waals surface area contributed by atoms with Gasteiger partial charge in [-0.1, -0.05) is 17.7 Å². The minimum absolute atomic E-state index is 0.0939. The summed E-state index contributed by atoms with van der Waals surface area (Å²) < 4.78 is 1.96. The molecule has 2 aromatic rings. The van der Waals surface area contributed by atoms with Crippen molar-refractivity contribution in [2.45, 2.75) is 25.8 Å². The maximum absolute atomic E-state index is 12.2. The van der Waals surface area contributed by atoms with Gasteiger partial charge in [0.05, 0.1) is 17.9 Å². The predicted octanol–water partition coefficient (Wildman–Crippen LogP) is 2.37. The quantitative estimate of drug-likeness (QED) is 0.909. The zero-order valence-electron chi connectivity index (χ0n) is 12.2. The van der Waals surface area contributed by atoms with Gasteiger partial charge in [0.15, 0.2) is 0 Å². The van der Waals surface area contributed by atoms with E-state index in [-0.39, 0.29) is 5.91 Å². The fraction of sp³-hybridized carbons (Fsp3) is 0.375. The zero-order chi connectivity index (χ0) is 14.7. The van der Waals surface area contributed by atoms with Crippen LogP contribution >= 0.6 is 0 Å². The monoisotopic (exact) mass is 284 g/mol. The molecule has 21 heavy (non-hydrogen) atoms. The Labute approximate surface area is 124 Å². The highest BCUT2D eigenvalue weighted by Crippen LogP contribution is 2.19. The van der Waals surface area contributed by atoms with Gasteiger partial charge in [-0.2, -0.15) is 5.10 Å². The molecule has 0 aliphatic carbocycles. The normalized spacial score (nSPS) is 15.9. The van der Waals surface area contributed by atoms with Gasteiger partial charge in [-0.3, -0.25) is 9.48 Å². The number of hydrogen-bond acceptors (Lipinski definition) is 3. The predicted molar refractivity (Wildman–Crippen MR) is 82.5 cm³/mol. The van der Waals surface area contributed by atoms with E-state index in [0.29, 0.717) is 11.6 Å². The van der Waals surface area contributed by atoms with Gasteiger partial charge in [0.1, 0.15) is 0 Å². The summed E-state index contributed by atoms with van der Waals surface area (Å²) in [6, 6.07) is 8.00. The van der Waals surface area contributed by atoms with Gasteiger partial charge >= 0.3 is 0 Å². The van der Waals surface area contributed by atoms with E-state index in [1.165, 1.54) is 0 Å². The third-order valence-corrected chi connectivity index (χ3v) is 3.82. The van der Waals surface area contributed by atoms with Crippen molar-refractivity contribution >= 4 is 11.6 Å². The van der Waals surface area contributed by atoms with Crippen molar-refractivity contribution in [3.8, 4) is 0 Å². The van der Waals surface area contributed by atoms with Gasteiger partial charge in [0.25, 0.3) is 5.91 Å². The maximum Gasteiger partial charge on any atom is 0.255 e. The van der Waals surface area contributed by atoms with Crippen molar-refractivity contribution < 1.29 is 4.79 Å². The van der Waals surface area contributed by atoms with E-state index >= 15 is 0 Å². The summed E-state index contributed by atoms with van der Waals surface area (Å²) in [5, 5.41) is 10.6. The van der Waals surface area contributed by atoms with E-state index in [1.807, 2.05) is 42.1 Å². The minimum Gasteiger partial charge on any atom is -0.319 e. The van der Waals surface area contributed by atoms with Crippen LogP contribution in [-0.4, -0.2) is 28.8 Å². The molecule has 1 saturated heterocycles. The SMILES string of the molecule is Cc1cccc(C(=O)Nc2cnn(C3CCNCC3)c2)c1. The summed E-state index contributed by atoms with van der Waals surface area (Å²) in [5.41, 5.74) is 2.50. The number of benzene rings is 1. The number of nitrogens with zero attached hydrogens (tertiary/aromatic N) is 2. The van der Waals surface area contributed by atoms with Gasteiger partial charge in [-0.25, -0.2) is 0 Å². The first-order chi connectivity index (χ1) is 10.2. The lowest BCUT2D eigenvalue weighted by Crippen LogP contribution is -2.29. The average Bonchev–Trinajstić information content (AvgIpc) is 2.97. The molecule has 110 valence electrons. The smallest absolute Gasteiger partial charge is 0.255 e. The first kappa shape index (κ1) is 13.8. The van der Waals surface area contributed by atoms with E-state index in [9.17, 15) is 4.79 Å². The highest BCUT2D eigenvalue weighted by molar-refractivity contribution is 6.04. The van der Waals surface area contributed by atoms with E-state index in [0.717, 1.165) is 37.2 Å². The second kappa shape index (κ2) is 6.10. The Hall–Kier alpha value is -2.14. The van der Waals surface area contributed by atoms with E-state index in [2.05, 4.69) is 15.7 Å². The maximum atomic E-state index is 12.2. The number of aryl methyl sites for hydroxylation is 1. The summed E-state index contributed by atoms with van der Waals surface area (Å²) in [4.78, 5) is 12.2. The number of hydrogen-bond donors (Lipinski definition) is 2. The van der Waals surface area contributed by atoms with Gasteiger partial charge in [0.2, 0.25) is 0 Å². The van der Waals surface area contributed by atoms with Crippen molar-refractivity contribution in [3.63, 3.8) is 0 Å². The summed E-state index contributed by atoms with van der Waals surface area (Å²) in [6.45, 7) is 4.02. The molecule has 0 saturated carbocycles. The largest absolute Gasteiger partial charge is 0.319 e. The van der Waals surface area contributed by atoms with E-state index < -0.39 is 0 Å². The van der Waals surface area contributed by atoms with Crippen LogP contribution in [0.4, 0.5) is 5.69 Å². The molecule has 2 heterocycles. The lowest BCUT2D eigenvalue weighted by Gasteiger charge is -2.22. The molecule has 2 N–H and O–H groups in total. The number of piperidine rings is 1. The van der Waals surface area contributed by atoms with Crippen LogP contribution in [0.2, 0.25) is 0 Å². The van der Waals surface area contributed by atoms with Crippen LogP contribution in [0.5, 0.6) is 0 Å². The minimum atomic E-state index is -0.0939. The lowest BCUT2D eigenvalue weighted by atomic mass is 10.1. The molecule has 0 radical (unpaired) electrons. The molecule has 3 rings (SSSR count). The molecule has 1 aliphatic heterocycles. The second-order valence-electron chi connectivity index (χ2n) is 5.51. The van der Waals surface area contributed by atoms with Gasteiger partial charge < -0.3 is 10.6 Å². The average molecular weight is 284 g/mol. The molecular formula is C16H20N4O. The number of anilines is 1. The van der Waals surface area contributed by atoms with Crippen LogP contribution in [0.1, 0.15) is 34.8 Å². The molecule has 5 nitrogen and oxygen atoms in total. The van der Waals surface area contributed by atoms with Crippen molar-refractivity contribution in [1.82, 2.24) is 15.1 Å². The molecule has 1 amide bonds. The molecule has 0 unspecified atom stereocenters. The Balaban J connectivity index is 1.68. The van der Waals surface area contributed by atoms with Gasteiger partial charge in [0, 0.05) is 11.8 Å². The van der Waals surface area contributed by atoms with Crippen LogP contribution in [0.25, 0.3) is 0 Å². The molecule has 0 bridgehead atoms. The Bertz CT molecular complexity index is 629. The number of aromatic nitrogens is 2. The molecule has 1 aromatic carbocycles. The summed E-state index contributed by atoms with van der Waals surface area (Å²) in [7, 11) is 0. The Morgan fingerprint density at radius 2 is 2.19 bits per heavy atom. The van der Waals surface area contributed by atoms with Crippen molar-refractivity contribution in [2.75, 3.05) is 18.4 Å². The van der Waals surface area contributed by atoms with Crippen molar-refractivity contribution in [3.05, 3.63) is 47.8 Å². The van der Waals surface area contributed by atoms with Crippen molar-refractivity contribution in [2.24, 2.45) is 0 Å². The summed E-state index contributed by atoms with van der Waals surface area (Å²) in [5.74, 6) is -0.0939. The summed E-state index contributed by atoms with van der Waals surface area (Å²) in [6.07, 6.45) is 5.79. The number of rotatable bonds is 3. The molecule has 1 aromatic heterocycles. The standard InChI is InChI=1S/C16H20N4O/c1-12-3-2-4-13(9-12)16(21)19-14-10-18-20(11-14)15-5-7-17-8-6-15/h2-4,9-11,15,17H,5-8H2,1H3,(H,19,21). The van der Waals surface area contributed by atoms with E-state index in [4.69, 9.17) is 0 Å². The van der Waals surface area contributed by atoms with Gasteiger partial charge in [-0.15, -0.1) is 0 Å². The first-order valence-corrected chi connectivity index (χ1v) is 7.35. The van der Waals surface area contributed by atoms with Crippen LogP contribution in [0.15, 0.2) is 36.7 Å². The highest BCUT2D eigenvalue weighted by Gasteiger charge is 2.16. The number of carbonyl (C=O) groups is 1. The zero-order valence-corrected chi connectivity index (χ0v) is 12.2. The fourth-order valence-electron chi connectivity index (χ4n) is 2.66. The Morgan fingerprint density at radius 3 is 2.95 bits per heavy atom. The molecule has 5 heteroatoms. The molecule has 1 fully saturated rings. The van der Waals surface area contributed by atoms with Crippen LogP contribution in [0.3, 0.4) is 0 Å². The molecule has 1 aliphatic rings. The topological polar surface area (TPSA) is 59.0 Å². The van der Waals surface area contributed by atoms with Crippen LogP contribution in [-0.2, 0) is 0 Å². The second-order valence-corrected chi connectivity index (χ2v) is 5.51. The van der Waals surface area contributed by atoms with Gasteiger partial charge in [-0.05, 0) is 45.0 Å². The first-order valence-electron chi connectivity index (χ1n) is 7.35. The number of amides is 1. The number of nitrogens with one attached hydrogen (secondary N) is 2. The third-order valence-electron chi connectivity index (χ3n) is 3.82. The molecular weight excluding hydrogens is 264 g/mol. The number of carbonyl (C=O) groups excluding carboxylic acids is 1. The lowest BCUT2D eigenvalue weighted by molar-refractivity contribution is 0.102. The Morgan fingerprint density at radius 1 is 1.38 bits per heavy atom. The van der Waals surface area contributed by atoms with Crippen molar-refractivity contribution in [1.29, 1.82) is 0 Å². The molecule has 0 atom stereocenters. The third kappa shape index (κ3) is 3.31. The van der Waals surface area contributed by atoms with E-state index in [1.54, 1.807) is 6.20 Å². The highest BCUT2D eigenvalue weighted by atomic mass is 16.1. The van der Waals surface area contributed by atoms with Crippen LogP contribution in [0, 0.1) is 6.92 Å². The molecule has 0 spiro atoms. The van der Waals surface area contributed by atoms with Crippen LogP contribution < -0.4 is 10.6 Å². The Kier molecular flexibility index (Phi) is 4.01. The summed E-state index contributed by atoms with van der Waals surface area (Å²) >= 11 is 0.